The molecule has 0 saturated carbocycles. The van der Waals surface area contributed by atoms with E-state index >= 15 is 0 Å². The van der Waals surface area contributed by atoms with Gasteiger partial charge in [-0.05, 0) is 36.3 Å². The van der Waals surface area contributed by atoms with Crippen LogP contribution in [0.1, 0.15) is 48.8 Å². The molecule has 1 aliphatic carbocycles. The van der Waals surface area contributed by atoms with Crippen LogP contribution in [0.4, 0.5) is 5.82 Å². The van der Waals surface area contributed by atoms with E-state index in [0.717, 1.165) is 36.6 Å². The van der Waals surface area contributed by atoms with Crippen molar-refractivity contribution in [2.24, 2.45) is 5.92 Å². The van der Waals surface area contributed by atoms with E-state index in [-0.39, 0.29) is 0 Å². The molecule has 0 amide bonds. The Morgan fingerprint density at radius 1 is 1.24 bits per heavy atom. The fourth-order valence-corrected chi connectivity index (χ4v) is 3.15. The van der Waals surface area contributed by atoms with Crippen LogP contribution in [0.2, 0.25) is 0 Å². The highest BCUT2D eigenvalue weighted by Crippen LogP contribution is 2.36. The molecule has 1 atom stereocenters. The van der Waals surface area contributed by atoms with Crippen molar-refractivity contribution in [3.05, 3.63) is 53.0 Å². The van der Waals surface area contributed by atoms with Gasteiger partial charge in [0.15, 0.2) is 0 Å². The second-order valence-electron chi connectivity index (χ2n) is 6.24. The van der Waals surface area contributed by atoms with Crippen LogP contribution in [-0.2, 0) is 12.8 Å². The number of nitrogens with one attached hydrogen (secondary N) is 1. The minimum Gasteiger partial charge on any atom is -0.373 e. The van der Waals surface area contributed by atoms with Gasteiger partial charge in [-0.2, -0.15) is 0 Å². The topological polar surface area (TPSA) is 37.8 Å². The Labute approximate surface area is 126 Å². The van der Waals surface area contributed by atoms with Gasteiger partial charge in [-0.25, -0.2) is 9.97 Å². The van der Waals surface area contributed by atoms with Crippen molar-refractivity contribution >= 4 is 5.82 Å². The van der Waals surface area contributed by atoms with Gasteiger partial charge < -0.3 is 5.32 Å². The number of hydrogen-bond donors (Lipinski definition) is 1. The standard InChI is InChI=1S/C18H23N3/c1-12(2)10-14-11-17(19-3)21-18(20-14)16-9-8-13-6-4-5-7-15(13)16/h4-7,11-12,16H,8-10H2,1-3H3,(H,19,20,21). The molecule has 0 fully saturated rings. The van der Waals surface area contributed by atoms with Crippen LogP contribution in [0.3, 0.4) is 0 Å². The first-order chi connectivity index (χ1) is 10.2. The Morgan fingerprint density at radius 3 is 2.81 bits per heavy atom. The smallest absolute Gasteiger partial charge is 0.138 e. The van der Waals surface area contributed by atoms with E-state index in [1.165, 1.54) is 11.1 Å². The first-order valence-corrected chi connectivity index (χ1v) is 7.80. The normalized spacial score (nSPS) is 17.0. The molecule has 1 unspecified atom stereocenters. The summed E-state index contributed by atoms with van der Waals surface area (Å²) in [6.45, 7) is 4.46. The molecule has 0 spiro atoms. The van der Waals surface area contributed by atoms with Crippen molar-refractivity contribution in [3.63, 3.8) is 0 Å². The lowest BCUT2D eigenvalue weighted by Crippen LogP contribution is -2.09. The Hall–Kier alpha value is -1.90. The third-order valence-electron chi connectivity index (χ3n) is 4.11. The Balaban J connectivity index is 1.99. The van der Waals surface area contributed by atoms with Crippen LogP contribution < -0.4 is 5.32 Å². The molecular formula is C18H23N3. The minimum absolute atomic E-state index is 0.348. The second-order valence-corrected chi connectivity index (χ2v) is 6.24. The van der Waals surface area contributed by atoms with Crippen molar-refractivity contribution in [3.8, 4) is 0 Å². The first kappa shape index (κ1) is 14.1. The first-order valence-electron chi connectivity index (χ1n) is 7.80. The van der Waals surface area contributed by atoms with Gasteiger partial charge in [0, 0.05) is 24.7 Å². The summed E-state index contributed by atoms with van der Waals surface area (Å²) in [4.78, 5) is 9.57. The highest BCUT2D eigenvalue weighted by atomic mass is 15.0. The zero-order valence-corrected chi connectivity index (χ0v) is 13.1. The van der Waals surface area contributed by atoms with E-state index in [2.05, 4.69) is 49.5 Å². The molecule has 0 saturated heterocycles. The number of anilines is 1. The molecule has 2 aromatic rings. The summed E-state index contributed by atoms with van der Waals surface area (Å²) in [6, 6.07) is 10.8. The summed E-state index contributed by atoms with van der Waals surface area (Å²) >= 11 is 0. The SMILES string of the molecule is CNc1cc(CC(C)C)nc(C2CCc3ccccc32)n1. The third-order valence-corrected chi connectivity index (χ3v) is 4.11. The maximum atomic E-state index is 4.85. The van der Waals surface area contributed by atoms with Crippen LogP contribution in [0.5, 0.6) is 0 Å². The zero-order valence-electron chi connectivity index (χ0n) is 13.1. The number of aryl methyl sites for hydroxylation is 1. The number of hydrogen-bond acceptors (Lipinski definition) is 3. The van der Waals surface area contributed by atoms with Crippen LogP contribution in [0.25, 0.3) is 0 Å². The number of aromatic nitrogens is 2. The fourth-order valence-electron chi connectivity index (χ4n) is 3.15. The molecule has 0 radical (unpaired) electrons. The summed E-state index contributed by atoms with van der Waals surface area (Å²) in [5.74, 6) is 2.86. The molecule has 1 aromatic carbocycles. The second kappa shape index (κ2) is 5.84. The van der Waals surface area contributed by atoms with Crippen LogP contribution in [0.15, 0.2) is 30.3 Å². The molecule has 21 heavy (non-hydrogen) atoms. The molecule has 0 aliphatic heterocycles. The molecule has 3 heteroatoms. The van der Waals surface area contributed by atoms with E-state index in [0.29, 0.717) is 11.8 Å². The minimum atomic E-state index is 0.348. The van der Waals surface area contributed by atoms with Gasteiger partial charge >= 0.3 is 0 Å². The van der Waals surface area contributed by atoms with E-state index in [9.17, 15) is 0 Å². The molecule has 3 nitrogen and oxygen atoms in total. The van der Waals surface area contributed by atoms with E-state index < -0.39 is 0 Å². The Kier molecular flexibility index (Phi) is 3.91. The summed E-state index contributed by atoms with van der Waals surface area (Å²) in [7, 11) is 1.92. The van der Waals surface area contributed by atoms with E-state index in [1.807, 2.05) is 7.05 Å². The molecule has 110 valence electrons. The lowest BCUT2D eigenvalue weighted by molar-refractivity contribution is 0.624. The Bertz CT molecular complexity index is 634. The summed E-state index contributed by atoms with van der Waals surface area (Å²) in [6.07, 6.45) is 3.25. The highest BCUT2D eigenvalue weighted by molar-refractivity contribution is 5.42. The maximum absolute atomic E-state index is 4.85. The largest absolute Gasteiger partial charge is 0.373 e. The highest BCUT2D eigenvalue weighted by Gasteiger charge is 2.26. The van der Waals surface area contributed by atoms with Crippen LogP contribution >= 0.6 is 0 Å². The van der Waals surface area contributed by atoms with E-state index in [4.69, 9.17) is 9.97 Å². The van der Waals surface area contributed by atoms with Gasteiger partial charge in [0.1, 0.15) is 11.6 Å². The van der Waals surface area contributed by atoms with Crippen molar-refractivity contribution in [1.29, 1.82) is 0 Å². The average molecular weight is 281 g/mol. The number of rotatable bonds is 4. The lowest BCUT2D eigenvalue weighted by Gasteiger charge is -2.14. The molecule has 1 heterocycles. The third kappa shape index (κ3) is 2.92. The van der Waals surface area contributed by atoms with Crippen molar-refractivity contribution < 1.29 is 0 Å². The lowest BCUT2D eigenvalue weighted by atomic mass is 10.00. The van der Waals surface area contributed by atoms with Gasteiger partial charge in [0.25, 0.3) is 0 Å². The van der Waals surface area contributed by atoms with Crippen molar-refractivity contribution in [2.45, 2.75) is 39.0 Å². The average Bonchev–Trinajstić information content (AvgIpc) is 2.90. The van der Waals surface area contributed by atoms with Gasteiger partial charge in [-0.3, -0.25) is 0 Å². The van der Waals surface area contributed by atoms with Crippen molar-refractivity contribution in [1.82, 2.24) is 9.97 Å². The summed E-state index contributed by atoms with van der Waals surface area (Å²) in [5.41, 5.74) is 4.00. The van der Waals surface area contributed by atoms with Gasteiger partial charge in [-0.1, -0.05) is 38.1 Å². The molecule has 3 rings (SSSR count). The quantitative estimate of drug-likeness (QED) is 0.926. The molecule has 1 aliphatic rings. The van der Waals surface area contributed by atoms with E-state index in [1.54, 1.807) is 0 Å². The fraction of sp³-hybridized carbons (Fsp3) is 0.444. The predicted octanol–water partition coefficient (Wildman–Crippen LogP) is 3.79. The van der Waals surface area contributed by atoms with Gasteiger partial charge in [0.2, 0.25) is 0 Å². The number of fused-ring (bicyclic) bond motifs is 1. The Morgan fingerprint density at radius 2 is 2.05 bits per heavy atom. The molecular weight excluding hydrogens is 258 g/mol. The molecule has 0 bridgehead atoms. The molecule has 1 N–H and O–H groups in total. The number of nitrogens with zero attached hydrogens (tertiary/aromatic N) is 2. The van der Waals surface area contributed by atoms with Gasteiger partial charge in [-0.15, -0.1) is 0 Å². The summed E-state index contributed by atoms with van der Waals surface area (Å²) in [5, 5.41) is 3.18. The summed E-state index contributed by atoms with van der Waals surface area (Å²) < 4.78 is 0. The zero-order chi connectivity index (χ0) is 14.8. The van der Waals surface area contributed by atoms with Crippen molar-refractivity contribution in [2.75, 3.05) is 12.4 Å². The monoisotopic (exact) mass is 281 g/mol. The molecule has 1 aromatic heterocycles. The maximum Gasteiger partial charge on any atom is 0.138 e. The van der Waals surface area contributed by atoms with Gasteiger partial charge in [0.05, 0.1) is 0 Å². The number of benzene rings is 1. The van der Waals surface area contributed by atoms with Crippen LogP contribution in [-0.4, -0.2) is 17.0 Å². The van der Waals surface area contributed by atoms with Crippen LogP contribution in [0, 0.1) is 5.92 Å². The predicted molar refractivity (Wildman–Crippen MR) is 86.7 cm³/mol.